The zero-order valence-electron chi connectivity index (χ0n) is 13.6. The molecule has 0 spiro atoms. The van der Waals surface area contributed by atoms with Gasteiger partial charge < -0.3 is 14.5 Å². The summed E-state index contributed by atoms with van der Waals surface area (Å²) in [6.45, 7) is 5.44. The first kappa shape index (κ1) is 17.0. The van der Waals surface area contributed by atoms with Gasteiger partial charge in [-0.05, 0) is 43.3 Å². The molecule has 1 saturated heterocycles. The third-order valence-corrected chi connectivity index (χ3v) is 4.39. The summed E-state index contributed by atoms with van der Waals surface area (Å²) in [5, 5.41) is 3.61. The molecule has 128 valence electrons. The first-order valence-electron chi connectivity index (χ1n) is 8.05. The van der Waals surface area contributed by atoms with Crippen molar-refractivity contribution in [2.45, 2.75) is 13.0 Å². The number of carbonyl (C=O) groups excluding carboxylic acids is 1. The molecule has 2 aromatic rings. The number of furan rings is 1. The van der Waals surface area contributed by atoms with Crippen LogP contribution in [0.2, 0.25) is 5.02 Å². The minimum absolute atomic E-state index is 0.00106. The van der Waals surface area contributed by atoms with Crippen molar-refractivity contribution in [3.05, 3.63) is 58.5 Å². The van der Waals surface area contributed by atoms with E-state index >= 15 is 0 Å². The maximum Gasteiger partial charge on any atom is 0.251 e. The van der Waals surface area contributed by atoms with Gasteiger partial charge in [0.05, 0.1) is 19.3 Å². The van der Waals surface area contributed by atoms with E-state index < -0.39 is 0 Å². The molecule has 0 bridgehead atoms. The van der Waals surface area contributed by atoms with Crippen LogP contribution < -0.4 is 5.32 Å². The van der Waals surface area contributed by atoms with Gasteiger partial charge in [0.1, 0.15) is 11.5 Å². The highest BCUT2D eigenvalue weighted by atomic mass is 35.5. The van der Waals surface area contributed by atoms with Gasteiger partial charge in [-0.25, -0.2) is 0 Å². The first-order valence-corrected chi connectivity index (χ1v) is 8.43. The Bertz CT molecular complexity index is 678. The molecule has 1 aromatic heterocycles. The van der Waals surface area contributed by atoms with Gasteiger partial charge in [-0.3, -0.25) is 9.69 Å². The Morgan fingerprint density at radius 1 is 1.21 bits per heavy atom. The summed E-state index contributed by atoms with van der Waals surface area (Å²) >= 11 is 5.87. The molecular formula is C18H21ClN2O3. The predicted octanol–water partition coefficient (Wildman–Crippen LogP) is 3.04. The smallest absolute Gasteiger partial charge is 0.251 e. The second-order valence-electron chi connectivity index (χ2n) is 5.83. The Balaban J connectivity index is 1.69. The summed E-state index contributed by atoms with van der Waals surface area (Å²) in [4.78, 5) is 14.6. The van der Waals surface area contributed by atoms with Gasteiger partial charge in [-0.1, -0.05) is 11.6 Å². The van der Waals surface area contributed by atoms with Crippen LogP contribution in [0.3, 0.4) is 0 Å². The lowest BCUT2D eigenvalue weighted by Gasteiger charge is -2.33. The molecule has 0 saturated carbocycles. The molecule has 1 unspecified atom stereocenters. The number of nitrogens with one attached hydrogen (secondary N) is 1. The average Bonchev–Trinajstić information content (AvgIpc) is 3.02. The van der Waals surface area contributed by atoms with Crippen molar-refractivity contribution in [3.8, 4) is 0 Å². The van der Waals surface area contributed by atoms with Gasteiger partial charge in [0.2, 0.25) is 0 Å². The Morgan fingerprint density at radius 2 is 1.92 bits per heavy atom. The minimum Gasteiger partial charge on any atom is -0.465 e. The molecule has 3 rings (SSSR count). The summed E-state index contributed by atoms with van der Waals surface area (Å²) in [6, 6.07) is 10.8. The van der Waals surface area contributed by atoms with Crippen molar-refractivity contribution >= 4 is 17.5 Å². The standard InChI is InChI=1S/C18H21ClN2O3/c1-13-2-7-17(24-13)16(21-8-10-23-11-9-21)12-20-18(22)14-3-5-15(19)6-4-14/h2-7,16H,8-12H2,1H3,(H,20,22). The Kier molecular flexibility index (Phi) is 5.56. The van der Waals surface area contributed by atoms with Crippen LogP contribution in [0.4, 0.5) is 0 Å². The molecule has 1 aliphatic heterocycles. The third kappa shape index (κ3) is 4.17. The zero-order chi connectivity index (χ0) is 16.9. The summed E-state index contributed by atoms with van der Waals surface area (Å²) < 4.78 is 11.2. The molecule has 0 aliphatic carbocycles. The lowest BCUT2D eigenvalue weighted by atomic mass is 10.1. The van der Waals surface area contributed by atoms with Crippen molar-refractivity contribution in [1.82, 2.24) is 10.2 Å². The van der Waals surface area contributed by atoms with Crippen molar-refractivity contribution in [1.29, 1.82) is 0 Å². The number of morpholine rings is 1. The normalized spacial score (nSPS) is 16.8. The molecular weight excluding hydrogens is 328 g/mol. The van der Waals surface area contributed by atoms with Crippen LogP contribution in [0, 0.1) is 6.92 Å². The van der Waals surface area contributed by atoms with Crippen LogP contribution in [0.15, 0.2) is 40.8 Å². The van der Waals surface area contributed by atoms with Gasteiger partial charge in [-0.2, -0.15) is 0 Å². The van der Waals surface area contributed by atoms with E-state index in [1.165, 1.54) is 0 Å². The van der Waals surface area contributed by atoms with Crippen LogP contribution >= 0.6 is 11.6 Å². The number of ether oxygens (including phenoxy) is 1. The summed E-state index contributed by atoms with van der Waals surface area (Å²) in [7, 11) is 0. The molecule has 6 heteroatoms. The number of amides is 1. The minimum atomic E-state index is -0.117. The summed E-state index contributed by atoms with van der Waals surface area (Å²) in [5.74, 6) is 1.62. The Morgan fingerprint density at radius 3 is 2.54 bits per heavy atom. The predicted molar refractivity (Wildman–Crippen MR) is 92.4 cm³/mol. The van der Waals surface area contributed by atoms with E-state index in [1.807, 2.05) is 19.1 Å². The second-order valence-corrected chi connectivity index (χ2v) is 6.27. The number of carbonyl (C=O) groups is 1. The van der Waals surface area contributed by atoms with Crippen LogP contribution in [-0.4, -0.2) is 43.7 Å². The van der Waals surface area contributed by atoms with Gasteiger partial charge in [-0.15, -0.1) is 0 Å². The van der Waals surface area contributed by atoms with E-state index in [2.05, 4.69) is 10.2 Å². The Labute approximate surface area is 146 Å². The second kappa shape index (κ2) is 7.83. The number of aryl methyl sites for hydroxylation is 1. The quantitative estimate of drug-likeness (QED) is 0.902. The molecule has 2 heterocycles. The topological polar surface area (TPSA) is 54.7 Å². The molecule has 1 amide bonds. The van der Waals surface area contributed by atoms with E-state index in [4.69, 9.17) is 20.8 Å². The number of nitrogens with zero attached hydrogens (tertiary/aromatic N) is 1. The molecule has 1 fully saturated rings. The van der Waals surface area contributed by atoms with Crippen LogP contribution in [0.25, 0.3) is 0 Å². The lowest BCUT2D eigenvalue weighted by Crippen LogP contribution is -2.43. The van der Waals surface area contributed by atoms with Crippen molar-refractivity contribution in [3.63, 3.8) is 0 Å². The fourth-order valence-corrected chi connectivity index (χ4v) is 2.95. The highest BCUT2D eigenvalue weighted by molar-refractivity contribution is 6.30. The number of hydrogen-bond acceptors (Lipinski definition) is 4. The SMILES string of the molecule is Cc1ccc(C(CNC(=O)c2ccc(Cl)cc2)N2CCOCC2)o1. The largest absolute Gasteiger partial charge is 0.465 e. The third-order valence-electron chi connectivity index (χ3n) is 4.14. The lowest BCUT2D eigenvalue weighted by molar-refractivity contribution is 0.0117. The summed E-state index contributed by atoms with van der Waals surface area (Å²) in [5.41, 5.74) is 0.593. The molecule has 0 radical (unpaired) electrons. The van der Waals surface area contributed by atoms with E-state index in [1.54, 1.807) is 24.3 Å². The zero-order valence-corrected chi connectivity index (χ0v) is 14.4. The average molecular weight is 349 g/mol. The first-order chi connectivity index (χ1) is 11.6. The van der Waals surface area contributed by atoms with E-state index in [-0.39, 0.29) is 11.9 Å². The maximum atomic E-state index is 12.4. The number of rotatable bonds is 5. The fraction of sp³-hybridized carbons (Fsp3) is 0.389. The molecule has 1 aromatic carbocycles. The van der Waals surface area contributed by atoms with Gasteiger partial charge >= 0.3 is 0 Å². The van der Waals surface area contributed by atoms with Crippen LogP contribution in [-0.2, 0) is 4.74 Å². The van der Waals surface area contributed by atoms with E-state index in [0.29, 0.717) is 30.3 Å². The van der Waals surface area contributed by atoms with Gasteiger partial charge in [0.25, 0.3) is 5.91 Å². The van der Waals surface area contributed by atoms with Crippen LogP contribution in [0.5, 0.6) is 0 Å². The Hall–Kier alpha value is -1.82. The fourth-order valence-electron chi connectivity index (χ4n) is 2.82. The van der Waals surface area contributed by atoms with E-state index in [9.17, 15) is 4.79 Å². The summed E-state index contributed by atoms with van der Waals surface area (Å²) in [6.07, 6.45) is 0. The van der Waals surface area contributed by atoms with E-state index in [0.717, 1.165) is 24.6 Å². The number of benzene rings is 1. The molecule has 1 atom stereocenters. The van der Waals surface area contributed by atoms with Crippen molar-refractivity contribution in [2.24, 2.45) is 0 Å². The molecule has 5 nitrogen and oxygen atoms in total. The van der Waals surface area contributed by atoms with Crippen LogP contribution in [0.1, 0.15) is 27.9 Å². The van der Waals surface area contributed by atoms with Crippen molar-refractivity contribution in [2.75, 3.05) is 32.8 Å². The van der Waals surface area contributed by atoms with Gasteiger partial charge in [0, 0.05) is 30.2 Å². The van der Waals surface area contributed by atoms with Gasteiger partial charge in [0.15, 0.2) is 0 Å². The molecule has 24 heavy (non-hydrogen) atoms. The molecule has 1 N–H and O–H groups in total. The number of halogens is 1. The molecule has 1 aliphatic rings. The number of hydrogen-bond donors (Lipinski definition) is 1. The maximum absolute atomic E-state index is 12.4. The highest BCUT2D eigenvalue weighted by Crippen LogP contribution is 2.23. The highest BCUT2D eigenvalue weighted by Gasteiger charge is 2.25. The van der Waals surface area contributed by atoms with Crippen molar-refractivity contribution < 1.29 is 13.9 Å². The monoisotopic (exact) mass is 348 g/mol.